The minimum atomic E-state index is -0.522. The lowest BCUT2D eigenvalue weighted by molar-refractivity contribution is 0.0945. The highest BCUT2D eigenvalue weighted by atomic mass is 19.1. The Bertz CT molecular complexity index is 773. The number of benzene rings is 2. The van der Waals surface area contributed by atoms with Crippen LogP contribution in [0.15, 0.2) is 42.5 Å². The van der Waals surface area contributed by atoms with Crippen LogP contribution in [0.5, 0.6) is 11.5 Å². The molecule has 0 aliphatic carbocycles. The molecule has 2 aromatic rings. The van der Waals surface area contributed by atoms with E-state index in [0.29, 0.717) is 42.4 Å². The molecule has 1 amide bonds. The Morgan fingerprint density at radius 1 is 1.12 bits per heavy atom. The molecule has 5 heteroatoms. The Morgan fingerprint density at radius 2 is 1.84 bits per heavy atom. The summed E-state index contributed by atoms with van der Waals surface area (Å²) < 4.78 is 25.2. The van der Waals surface area contributed by atoms with E-state index in [4.69, 9.17) is 9.47 Å². The molecule has 0 bridgehead atoms. The number of rotatable bonds is 4. The fourth-order valence-electron chi connectivity index (χ4n) is 2.81. The van der Waals surface area contributed by atoms with E-state index in [1.54, 1.807) is 36.4 Å². The average molecular weight is 343 g/mol. The third-order valence-electron chi connectivity index (χ3n) is 4.30. The molecule has 1 N–H and O–H groups in total. The second-order valence-electron chi connectivity index (χ2n) is 6.76. The maximum Gasteiger partial charge on any atom is 0.251 e. The van der Waals surface area contributed by atoms with Crippen LogP contribution >= 0.6 is 0 Å². The van der Waals surface area contributed by atoms with Gasteiger partial charge < -0.3 is 14.8 Å². The molecule has 0 unspecified atom stereocenters. The van der Waals surface area contributed by atoms with Gasteiger partial charge in [0, 0.05) is 23.9 Å². The second-order valence-corrected chi connectivity index (χ2v) is 6.76. The van der Waals surface area contributed by atoms with Gasteiger partial charge in [-0.25, -0.2) is 4.39 Å². The first-order valence-electron chi connectivity index (χ1n) is 8.40. The van der Waals surface area contributed by atoms with Crippen LogP contribution in [0, 0.1) is 5.82 Å². The Balaban J connectivity index is 1.70. The highest BCUT2D eigenvalue weighted by molar-refractivity contribution is 5.95. The number of halogens is 1. The van der Waals surface area contributed by atoms with E-state index >= 15 is 0 Å². The molecule has 4 nitrogen and oxygen atoms in total. The third-order valence-corrected chi connectivity index (χ3v) is 4.30. The Kier molecular flexibility index (Phi) is 4.93. The first kappa shape index (κ1) is 17.3. The van der Waals surface area contributed by atoms with Crippen molar-refractivity contribution in [3.8, 4) is 11.5 Å². The number of amides is 1. The summed E-state index contributed by atoms with van der Waals surface area (Å²) in [4.78, 5) is 12.5. The summed E-state index contributed by atoms with van der Waals surface area (Å²) in [5.41, 5.74) is 0.550. The van der Waals surface area contributed by atoms with Crippen LogP contribution in [0.25, 0.3) is 0 Å². The minimum Gasteiger partial charge on any atom is -0.490 e. The van der Waals surface area contributed by atoms with E-state index in [0.717, 1.165) is 6.42 Å². The number of carbonyl (C=O) groups excluding carboxylic acids is 1. The van der Waals surface area contributed by atoms with Crippen molar-refractivity contribution in [3.05, 3.63) is 59.4 Å². The predicted molar refractivity (Wildman–Crippen MR) is 93.8 cm³/mol. The fourth-order valence-corrected chi connectivity index (χ4v) is 2.81. The van der Waals surface area contributed by atoms with Crippen LogP contribution in [0.3, 0.4) is 0 Å². The molecule has 0 atom stereocenters. The zero-order valence-electron chi connectivity index (χ0n) is 14.5. The number of hydrogen-bond acceptors (Lipinski definition) is 3. The van der Waals surface area contributed by atoms with E-state index in [1.165, 1.54) is 6.07 Å². The number of ether oxygens (including phenoxy) is 2. The molecule has 0 fully saturated rings. The maximum atomic E-state index is 14.0. The van der Waals surface area contributed by atoms with Crippen molar-refractivity contribution >= 4 is 5.91 Å². The summed E-state index contributed by atoms with van der Waals surface area (Å²) in [6.45, 7) is 5.30. The van der Waals surface area contributed by atoms with E-state index < -0.39 is 5.41 Å². The molecular weight excluding hydrogens is 321 g/mol. The van der Waals surface area contributed by atoms with E-state index in [-0.39, 0.29) is 11.7 Å². The molecule has 0 spiro atoms. The van der Waals surface area contributed by atoms with Crippen LogP contribution < -0.4 is 14.8 Å². The highest BCUT2D eigenvalue weighted by Crippen LogP contribution is 2.30. The van der Waals surface area contributed by atoms with Crippen LogP contribution in [0.1, 0.15) is 36.2 Å². The Hall–Kier alpha value is -2.56. The first-order valence-corrected chi connectivity index (χ1v) is 8.40. The second kappa shape index (κ2) is 7.13. The lowest BCUT2D eigenvalue weighted by atomic mass is 9.84. The zero-order valence-corrected chi connectivity index (χ0v) is 14.5. The Morgan fingerprint density at radius 3 is 2.60 bits per heavy atom. The van der Waals surface area contributed by atoms with Crippen LogP contribution in [0.4, 0.5) is 4.39 Å². The molecule has 1 aliphatic rings. The lowest BCUT2D eigenvalue weighted by Crippen LogP contribution is -2.37. The van der Waals surface area contributed by atoms with Gasteiger partial charge in [-0.05, 0) is 29.8 Å². The van der Waals surface area contributed by atoms with E-state index in [1.807, 2.05) is 13.8 Å². The molecule has 1 aliphatic heterocycles. The summed E-state index contributed by atoms with van der Waals surface area (Å²) in [5.74, 6) is 0.747. The summed E-state index contributed by atoms with van der Waals surface area (Å²) >= 11 is 0. The number of hydrogen-bond donors (Lipinski definition) is 1. The fraction of sp³-hybridized carbons (Fsp3) is 0.350. The standard InChI is InChI=1S/C20H22FNO3/c1-20(2,15-6-3-4-7-16(15)21)13-22-19(23)14-8-9-17-18(12-14)25-11-5-10-24-17/h3-4,6-9,12H,5,10-11,13H2,1-2H3,(H,22,23). The number of fused-ring (bicyclic) bond motifs is 1. The van der Waals surface area contributed by atoms with Crippen molar-refractivity contribution in [1.82, 2.24) is 5.32 Å². The van der Waals surface area contributed by atoms with Gasteiger partial charge in [0.25, 0.3) is 5.91 Å². The van der Waals surface area contributed by atoms with Crippen molar-refractivity contribution in [1.29, 1.82) is 0 Å². The molecule has 132 valence electrons. The summed E-state index contributed by atoms with van der Waals surface area (Å²) in [6.07, 6.45) is 0.813. The quantitative estimate of drug-likeness (QED) is 0.921. The van der Waals surface area contributed by atoms with Gasteiger partial charge in [0.2, 0.25) is 0 Å². The summed E-state index contributed by atoms with van der Waals surface area (Å²) in [5, 5.41) is 2.89. The van der Waals surface area contributed by atoms with Crippen molar-refractivity contribution < 1.29 is 18.7 Å². The topological polar surface area (TPSA) is 47.6 Å². The molecule has 1 heterocycles. The normalized spacial score (nSPS) is 13.9. The molecule has 0 aromatic heterocycles. The van der Waals surface area contributed by atoms with Gasteiger partial charge in [0.15, 0.2) is 11.5 Å². The molecule has 0 radical (unpaired) electrons. The molecule has 0 saturated heterocycles. The van der Waals surface area contributed by atoms with E-state index in [9.17, 15) is 9.18 Å². The largest absolute Gasteiger partial charge is 0.490 e. The van der Waals surface area contributed by atoms with Crippen molar-refractivity contribution in [3.63, 3.8) is 0 Å². The van der Waals surface area contributed by atoms with Crippen LogP contribution in [-0.2, 0) is 5.41 Å². The van der Waals surface area contributed by atoms with Gasteiger partial charge in [-0.3, -0.25) is 4.79 Å². The molecular formula is C20H22FNO3. The smallest absolute Gasteiger partial charge is 0.251 e. The van der Waals surface area contributed by atoms with Gasteiger partial charge in [0.05, 0.1) is 13.2 Å². The molecule has 0 saturated carbocycles. The monoisotopic (exact) mass is 343 g/mol. The summed E-state index contributed by atoms with van der Waals surface area (Å²) in [6, 6.07) is 11.8. The van der Waals surface area contributed by atoms with Crippen LogP contribution in [-0.4, -0.2) is 25.7 Å². The van der Waals surface area contributed by atoms with Gasteiger partial charge in [-0.2, -0.15) is 0 Å². The lowest BCUT2D eigenvalue weighted by Gasteiger charge is -2.26. The Labute approximate surface area is 147 Å². The van der Waals surface area contributed by atoms with E-state index in [2.05, 4.69) is 5.32 Å². The molecule has 25 heavy (non-hydrogen) atoms. The average Bonchev–Trinajstić information content (AvgIpc) is 2.84. The van der Waals surface area contributed by atoms with Crippen LogP contribution in [0.2, 0.25) is 0 Å². The predicted octanol–water partition coefficient (Wildman–Crippen LogP) is 3.69. The van der Waals surface area contributed by atoms with Gasteiger partial charge >= 0.3 is 0 Å². The highest BCUT2D eigenvalue weighted by Gasteiger charge is 2.25. The molecule has 3 rings (SSSR count). The number of nitrogens with one attached hydrogen (secondary N) is 1. The summed E-state index contributed by atoms with van der Waals surface area (Å²) in [7, 11) is 0. The van der Waals surface area contributed by atoms with Gasteiger partial charge in [-0.15, -0.1) is 0 Å². The molecule has 2 aromatic carbocycles. The maximum absolute atomic E-state index is 14.0. The minimum absolute atomic E-state index is 0.222. The van der Waals surface area contributed by atoms with Crippen molar-refractivity contribution in [2.24, 2.45) is 0 Å². The van der Waals surface area contributed by atoms with Gasteiger partial charge in [0.1, 0.15) is 5.82 Å². The van der Waals surface area contributed by atoms with Crippen molar-refractivity contribution in [2.45, 2.75) is 25.7 Å². The SMILES string of the molecule is CC(C)(CNC(=O)c1ccc2c(c1)OCCCO2)c1ccccc1F. The third kappa shape index (κ3) is 3.92. The number of carbonyl (C=O) groups is 1. The zero-order chi connectivity index (χ0) is 17.9. The van der Waals surface area contributed by atoms with Gasteiger partial charge in [-0.1, -0.05) is 32.0 Å². The van der Waals surface area contributed by atoms with Crippen molar-refractivity contribution in [2.75, 3.05) is 19.8 Å². The first-order chi connectivity index (χ1) is 12.0.